The summed E-state index contributed by atoms with van der Waals surface area (Å²) in [4.78, 5) is 11.9. The number of hydrogen-bond donors (Lipinski definition) is 1. The molecule has 0 amide bonds. The van der Waals surface area contributed by atoms with Crippen LogP contribution in [-0.4, -0.2) is 17.0 Å². The van der Waals surface area contributed by atoms with E-state index < -0.39 is 6.10 Å². The quantitative estimate of drug-likeness (QED) is 0.910. The largest absolute Gasteiger partial charge is 0.391 e. The number of ketones is 1. The lowest BCUT2D eigenvalue weighted by Crippen LogP contribution is -2.50. The first-order valence-corrected chi connectivity index (χ1v) is 7.96. The lowest BCUT2D eigenvalue weighted by atomic mass is 9.58. The van der Waals surface area contributed by atoms with E-state index in [1.807, 2.05) is 12.1 Å². The van der Waals surface area contributed by atoms with Crippen molar-refractivity contribution in [3.05, 3.63) is 33.8 Å². The van der Waals surface area contributed by atoms with Gasteiger partial charge in [-0.25, -0.2) is 0 Å². The van der Waals surface area contributed by atoms with Crippen LogP contribution in [0.1, 0.15) is 44.1 Å². The summed E-state index contributed by atoms with van der Waals surface area (Å²) >= 11 is 12.1. The Labute approximate surface area is 129 Å². The van der Waals surface area contributed by atoms with Crippen molar-refractivity contribution in [2.24, 2.45) is 5.92 Å². The van der Waals surface area contributed by atoms with E-state index in [-0.39, 0.29) is 17.1 Å². The molecule has 2 unspecified atom stereocenters. The zero-order chi connectivity index (χ0) is 14.3. The van der Waals surface area contributed by atoms with Crippen LogP contribution >= 0.6 is 23.2 Å². The predicted molar refractivity (Wildman–Crippen MR) is 80.3 cm³/mol. The normalized spacial score (nSPS) is 26.4. The minimum atomic E-state index is -0.594. The van der Waals surface area contributed by atoms with Crippen LogP contribution in [0.4, 0.5) is 0 Å². The molecule has 20 heavy (non-hydrogen) atoms. The van der Waals surface area contributed by atoms with E-state index in [1.54, 1.807) is 6.07 Å². The molecule has 4 heteroatoms. The highest BCUT2D eigenvalue weighted by Gasteiger charge is 2.50. The Kier molecular flexibility index (Phi) is 3.83. The Balaban J connectivity index is 1.94. The summed E-state index contributed by atoms with van der Waals surface area (Å²) in [5, 5.41) is 11.8. The van der Waals surface area contributed by atoms with Crippen molar-refractivity contribution in [3.63, 3.8) is 0 Å². The molecule has 2 aliphatic carbocycles. The first-order valence-electron chi connectivity index (χ1n) is 7.21. The summed E-state index contributed by atoms with van der Waals surface area (Å²) in [6, 6.07) is 5.57. The molecule has 0 saturated heterocycles. The zero-order valence-electron chi connectivity index (χ0n) is 11.2. The fourth-order valence-electron chi connectivity index (χ4n) is 3.68. The van der Waals surface area contributed by atoms with Crippen molar-refractivity contribution in [3.8, 4) is 0 Å². The second kappa shape index (κ2) is 5.32. The number of aliphatic hydroxyl groups excluding tert-OH is 1. The van der Waals surface area contributed by atoms with Crippen LogP contribution in [0.15, 0.2) is 18.2 Å². The number of benzene rings is 1. The molecule has 1 aromatic rings. The highest BCUT2D eigenvalue weighted by molar-refractivity contribution is 6.42. The third kappa shape index (κ3) is 2.18. The second-order valence-electron chi connectivity index (χ2n) is 6.05. The summed E-state index contributed by atoms with van der Waals surface area (Å²) in [5.74, 6) is 0.00795. The average Bonchev–Trinajstić information content (AvgIpc) is 2.78. The van der Waals surface area contributed by atoms with Crippen LogP contribution in [0, 0.1) is 5.92 Å². The highest BCUT2D eigenvalue weighted by Crippen LogP contribution is 2.50. The second-order valence-corrected chi connectivity index (χ2v) is 6.86. The molecule has 0 heterocycles. The van der Waals surface area contributed by atoms with Crippen LogP contribution in [0.25, 0.3) is 0 Å². The Morgan fingerprint density at radius 1 is 1.20 bits per heavy atom. The molecule has 0 spiro atoms. The van der Waals surface area contributed by atoms with Gasteiger partial charge < -0.3 is 5.11 Å². The summed E-state index contributed by atoms with van der Waals surface area (Å²) in [7, 11) is 0. The SMILES string of the molecule is O=C1CCCC1C(O)C1(c2ccc(Cl)c(Cl)c2)CCC1. The average molecular weight is 313 g/mol. The van der Waals surface area contributed by atoms with Crippen LogP contribution in [0.5, 0.6) is 0 Å². The van der Waals surface area contributed by atoms with Crippen molar-refractivity contribution < 1.29 is 9.90 Å². The Morgan fingerprint density at radius 3 is 2.45 bits per heavy atom. The van der Waals surface area contributed by atoms with Crippen LogP contribution in [-0.2, 0) is 10.2 Å². The molecule has 108 valence electrons. The molecule has 2 atom stereocenters. The van der Waals surface area contributed by atoms with Crippen molar-refractivity contribution in [2.75, 3.05) is 0 Å². The van der Waals surface area contributed by atoms with E-state index in [0.29, 0.717) is 16.5 Å². The molecule has 1 aromatic carbocycles. The number of Topliss-reactive ketones (excluding diaryl/α,β-unsaturated/α-hetero) is 1. The molecule has 0 aromatic heterocycles. The number of aliphatic hydroxyl groups is 1. The van der Waals surface area contributed by atoms with Crippen LogP contribution in [0.3, 0.4) is 0 Å². The van der Waals surface area contributed by atoms with Gasteiger partial charge in [0.2, 0.25) is 0 Å². The first kappa shape index (κ1) is 14.4. The molecule has 2 nitrogen and oxygen atoms in total. The van der Waals surface area contributed by atoms with Crippen LogP contribution in [0.2, 0.25) is 10.0 Å². The standard InChI is InChI=1S/C16H18Cl2O2/c17-12-6-5-10(9-13(12)18)16(7-2-8-16)15(20)11-3-1-4-14(11)19/h5-6,9,11,15,20H,1-4,7-8H2. The number of carbonyl (C=O) groups is 1. The van der Waals surface area contributed by atoms with E-state index in [9.17, 15) is 9.90 Å². The molecular weight excluding hydrogens is 295 g/mol. The minimum absolute atomic E-state index is 0.204. The van der Waals surface area contributed by atoms with Gasteiger partial charge in [0.15, 0.2) is 0 Å². The van der Waals surface area contributed by atoms with Gasteiger partial charge in [-0.2, -0.15) is 0 Å². The molecule has 0 radical (unpaired) electrons. The first-order chi connectivity index (χ1) is 9.54. The van der Waals surface area contributed by atoms with Gasteiger partial charge >= 0.3 is 0 Å². The van der Waals surface area contributed by atoms with Crippen molar-refractivity contribution >= 4 is 29.0 Å². The number of halogens is 2. The summed E-state index contributed by atoms with van der Waals surface area (Å²) in [5.41, 5.74) is 0.712. The molecule has 3 rings (SSSR count). The van der Waals surface area contributed by atoms with E-state index in [0.717, 1.165) is 37.7 Å². The van der Waals surface area contributed by atoms with Gasteiger partial charge in [0.1, 0.15) is 5.78 Å². The van der Waals surface area contributed by atoms with Gasteiger partial charge in [0, 0.05) is 17.8 Å². The molecule has 2 aliphatic rings. The van der Waals surface area contributed by atoms with Crippen LogP contribution < -0.4 is 0 Å². The molecule has 0 bridgehead atoms. The van der Waals surface area contributed by atoms with Gasteiger partial charge in [-0.15, -0.1) is 0 Å². The van der Waals surface area contributed by atoms with E-state index >= 15 is 0 Å². The molecule has 2 fully saturated rings. The summed E-state index contributed by atoms with van der Waals surface area (Å²) in [6.45, 7) is 0. The van der Waals surface area contributed by atoms with Gasteiger partial charge in [0.25, 0.3) is 0 Å². The third-order valence-corrected chi connectivity index (χ3v) is 5.78. The fourth-order valence-corrected chi connectivity index (χ4v) is 3.98. The smallest absolute Gasteiger partial charge is 0.138 e. The maximum absolute atomic E-state index is 11.9. The number of carbonyl (C=O) groups excluding carboxylic acids is 1. The zero-order valence-corrected chi connectivity index (χ0v) is 12.8. The van der Waals surface area contributed by atoms with Crippen molar-refractivity contribution in [1.29, 1.82) is 0 Å². The predicted octanol–water partition coefficient (Wildman–Crippen LogP) is 4.15. The van der Waals surface area contributed by atoms with E-state index in [4.69, 9.17) is 23.2 Å². The third-order valence-electron chi connectivity index (χ3n) is 5.04. The molecule has 2 saturated carbocycles. The molecule has 0 aliphatic heterocycles. The van der Waals surface area contributed by atoms with Gasteiger partial charge in [-0.3, -0.25) is 4.79 Å². The van der Waals surface area contributed by atoms with E-state index in [1.165, 1.54) is 0 Å². The molecular formula is C16H18Cl2O2. The monoisotopic (exact) mass is 312 g/mol. The Hall–Kier alpha value is -0.570. The number of hydrogen-bond acceptors (Lipinski definition) is 2. The highest BCUT2D eigenvalue weighted by atomic mass is 35.5. The van der Waals surface area contributed by atoms with E-state index in [2.05, 4.69) is 0 Å². The molecule has 1 N–H and O–H groups in total. The Bertz CT molecular complexity index is 537. The van der Waals surface area contributed by atoms with Crippen molar-refractivity contribution in [1.82, 2.24) is 0 Å². The summed E-state index contributed by atoms with van der Waals surface area (Å²) in [6.07, 6.45) is 4.63. The maximum Gasteiger partial charge on any atom is 0.138 e. The summed E-state index contributed by atoms with van der Waals surface area (Å²) < 4.78 is 0. The Morgan fingerprint density at radius 2 is 1.95 bits per heavy atom. The van der Waals surface area contributed by atoms with Gasteiger partial charge in [-0.05, 0) is 43.4 Å². The fraction of sp³-hybridized carbons (Fsp3) is 0.562. The van der Waals surface area contributed by atoms with Gasteiger partial charge in [0.05, 0.1) is 16.1 Å². The minimum Gasteiger partial charge on any atom is -0.391 e. The lowest BCUT2D eigenvalue weighted by Gasteiger charge is -2.48. The lowest BCUT2D eigenvalue weighted by molar-refractivity contribution is -0.127. The number of rotatable bonds is 3. The maximum atomic E-state index is 11.9. The van der Waals surface area contributed by atoms with Crippen molar-refractivity contribution in [2.45, 2.75) is 50.0 Å². The topological polar surface area (TPSA) is 37.3 Å². The van der Waals surface area contributed by atoms with Gasteiger partial charge in [-0.1, -0.05) is 35.7 Å².